The first-order valence-corrected chi connectivity index (χ1v) is 6.30. The van der Waals surface area contributed by atoms with Gasteiger partial charge in [-0.25, -0.2) is 4.79 Å². The molecule has 0 aliphatic carbocycles. The van der Waals surface area contributed by atoms with E-state index in [2.05, 4.69) is 15.1 Å². The Morgan fingerprint density at radius 3 is 2.70 bits per heavy atom. The van der Waals surface area contributed by atoms with Gasteiger partial charge in [0.2, 0.25) is 4.77 Å². The predicted octanol–water partition coefficient (Wildman–Crippen LogP) is 2.27. The maximum atomic E-state index is 11.8. The molecule has 0 radical (unpaired) electrons. The van der Waals surface area contributed by atoms with Gasteiger partial charge >= 0.3 is 5.69 Å². The van der Waals surface area contributed by atoms with Crippen LogP contribution in [0.2, 0.25) is 5.02 Å². The lowest BCUT2D eigenvalue weighted by molar-refractivity contribution is 0.829. The van der Waals surface area contributed by atoms with Gasteiger partial charge in [-0.15, -0.1) is 0 Å². The molecule has 0 aliphatic heterocycles. The van der Waals surface area contributed by atoms with E-state index >= 15 is 0 Å². The van der Waals surface area contributed by atoms with Crippen molar-refractivity contribution in [2.24, 2.45) is 0 Å². The van der Waals surface area contributed by atoms with Gasteiger partial charge in [-0.3, -0.25) is 10.1 Å². The first kappa shape index (κ1) is 12.6. The van der Waals surface area contributed by atoms with Crippen molar-refractivity contribution in [1.29, 1.82) is 5.26 Å². The minimum atomic E-state index is -0.475. The van der Waals surface area contributed by atoms with Gasteiger partial charge in [0.15, 0.2) is 5.65 Å². The van der Waals surface area contributed by atoms with E-state index in [1.807, 2.05) is 6.07 Å². The summed E-state index contributed by atoms with van der Waals surface area (Å²) < 4.78 is 1.21. The average molecular weight is 304 g/mol. The zero-order chi connectivity index (χ0) is 14.3. The topological polar surface area (TPSA) is 89.7 Å². The summed E-state index contributed by atoms with van der Waals surface area (Å²) in [4.78, 5) is 18.3. The molecule has 0 unspecified atom stereocenters. The summed E-state index contributed by atoms with van der Waals surface area (Å²) in [5, 5.41) is 12.5. The fourth-order valence-corrected chi connectivity index (χ4v) is 2.24. The molecule has 8 heteroatoms. The molecule has 20 heavy (non-hydrogen) atoms. The zero-order valence-electron chi connectivity index (χ0n) is 9.85. The second-order valence-corrected chi connectivity index (χ2v) is 4.81. The van der Waals surface area contributed by atoms with Crippen LogP contribution in [-0.4, -0.2) is 19.6 Å². The number of halogens is 1. The van der Waals surface area contributed by atoms with Crippen LogP contribution >= 0.6 is 23.8 Å². The van der Waals surface area contributed by atoms with Gasteiger partial charge in [0, 0.05) is 5.02 Å². The summed E-state index contributed by atoms with van der Waals surface area (Å²) in [7, 11) is 0. The number of hydrogen-bond acceptors (Lipinski definition) is 4. The third-order valence-corrected chi connectivity index (χ3v) is 3.22. The van der Waals surface area contributed by atoms with Crippen LogP contribution in [0.5, 0.6) is 0 Å². The average Bonchev–Trinajstić information content (AvgIpc) is 2.78. The third kappa shape index (κ3) is 1.91. The van der Waals surface area contributed by atoms with E-state index in [4.69, 9.17) is 23.8 Å². The van der Waals surface area contributed by atoms with E-state index in [0.29, 0.717) is 16.2 Å². The number of nitriles is 1. The Balaban J connectivity index is 2.45. The number of hydrogen-bond donors (Lipinski definition) is 2. The van der Waals surface area contributed by atoms with Crippen LogP contribution in [0.3, 0.4) is 0 Å². The third-order valence-electron chi connectivity index (χ3n) is 2.78. The summed E-state index contributed by atoms with van der Waals surface area (Å²) in [6.07, 6.45) is 0. The zero-order valence-corrected chi connectivity index (χ0v) is 11.4. The Hall–Kier alpha value is -2.43. The largest absolute Gasteiger partial charge is 0.348 e. The molecule has 98 valence electrons. The van der Waals surface area contributed by atoms with Gasteiger partial charge in [-0.2, -0.15) is 14.8 Å². The molecule has 3 rings (SSSR count). The SMILES string of the molecule is N#Cc1[nH]n2c(=O)[nH]c(=S)nc2c1-c1ccc(Cl)cc1. The lowest BCUT2D eigenvalue weighted by atomic mass is 10.1. The fourth-order valence-electron chi connectivity index (χ4n) is 1.94. The smallest absolute Gasteiger partial charge is 0.281 e. The highest BCUT2D eigenvalue weighted by Gasteiger charge is 2.16. The van der Waals surface area contributed by atoms with Crippen molar-refractivity contribution in [3.8, 4) is 17.2 Å². The number of benzene rings is 1. The van der Waals surface area contributed by atoms with E-state index in [1.54, 1.807) is 24.3 Å². The maximum absolute atomic E-state index is 11.8. The van der Waals surface area contributed by atoms with Crippen LogP contribution in [0.1, 0.15) is 5.69 Å². The standard InChI is InChI=1S/C12H6ClN5OS/c13-7-3-1-6(2-4-7)9-8(5-14)17-18-10(9)15-11(20)16-12(18)19/h1-4,17H,(H,16,19,20). The monoisotopic (exact) mass is 303 g/mol. The van der Waals surface area contributed by atoms with Gasteiger partial charge in [-0.05, 0) is 29.9 Å². The first-order valence-electron chi connectivity index (χ1n) is 5.51. The molecule has 2 heterocycles. The van der Waals surface area contributed by atoms with Gasteiger partial charge in [0.05, 0.1) is 5.56 Å². The highest BCUT2D eigenvalue weighted by Crippen LogP contribution is 2.27. The molecule has 3 aromatic rings. The summed E-state index contributed by atoms with van der Waals surface area (Å²) >= 11 is 10.8. The van der Waals surface area contributed by atoms with Crippen molar-refractivity contribution in [2.75, 3.05) is 0 Å². The van der Waals surface area contributed by atoms with Gasteiger partial charge in [0.25, 0.3) is 0 Å². The van der Waals surface area contributed by atoms with Crippen molar-refractivity contribution in [3.05, 3.63) is 50.2 Å². The number of rotatable bonds is 1. The quantitative estimate of drug-likeness (QED) is 0.675. The number of fused-ring (bicyclic) bond motifs is 1. The molecule has 0 fully saturated rings. The van der Waals surface area contributed by atoms with E-state index < -0.39 is 5.69 Å². The Morgan fingerprint density at radius 1 is 1.35 bits per heavy atom. The van der Waals surface area contributed by atoms with E-state index in [-0.39, 0.29) is 10.5 Å². The first-order chi connectivity index (χ1) is 9.60. The Bertz CT molecular complexity index is 961. The van der Waals surface area contributed by atoms with Crippen molar-refractivity contribution >= 4 is 29.5 Å². The van der Waals surface area contributed by atoms with Crippen LogP contribution in [0.15, 0.2) is 29.1 Å². The molecule has 0 atom stereocenters. The summed E-state index contributed by atoms with van der Waals surface area (Å²) in [5.74, 6) is 0. The number of aromatic amines is 2. The summed E-state index contributed by atoms with van der Waals surface area (Å²) in [6, 6.07) is 8.90. The highest BCUT2D eigenvalue weighted by atomic mass is 35.5. The van der Waals surface area contributed by atoms with Crippen molar-refractivity contribution in [2.45, 2.75) is 0 Å². The van der Waals surface area contributed by atoms with Crippen LogP contribution in [0, 0.1) is 16.1 Å². The number of nitrogens with zero attached hydrogens (tertiary/aromatic N) is 3. The van der Waals surface area contributed by atoms with Crippen molar-refractivity contribution < 1.29 is 0 Å². The number of H-pyrrole nitrogens is 2. The minimum Gasteiger partial charge on any atom is -0.281 e. The molecular weight excluding hydrogens is 298 g/mol. The lowest BCUT2D eigenvalue weighted by Crippen LogP contribution is -2.18. The molecule has 0 spiro atoms. The predicted molar refractivity (Wildman–Crippen MR) is 76.2 cm³/mol. The van der Waals surface area contributed by atoms with Crippen LogP contribution < -0.4 is 5.69 Å². The Labute approximate surface area is 122 Å². The van der Waals surface area contributed by atoms with Crippen LogP contribution in [-0.2, 0) is 0 Å². The lowest BCUT2D eigenvalue weighted by Gasteiger charge is -1.99. The molecule has 0 saturated carbocycles. The second-order valence-electron chi connectivity index (χ2n) is 3.99. The number of nitrogens with one attached hydrogen (secondary N) is 2. The molecule has 2 aromatic heterocycles. The highest BCUT2D eigenvalue weighted by molar-refractivity contribution is 7.71. The Kier molecular flexibility index (Phi) is 2.89. The van der Waals surface area contributed by atoms with Crippen LogP contribution in [0.25, 0.3) is 16.8 Å². The fraction of sp³-hybridized carbons (Fsp3) is 0. The van der Waals surface area contributed by atoms with Crippen molar-refractivity contribution in [3.63, 3.8) is 0 Å². The van der Waals surface area contributed by atoms with Gasteiger partial charge in [0.1, 0.15) is 11.8 Å². The molecule has 0 aliphatic rings. The number of aromatic nitrogens is 4. The summed E-state index contributed by atoms with van der Waals surface area (Å²) in [5.41, 5.74) is 1.29. The maximum Gasteiger partial charge on any atom is 0.348 e. The normalized spacial score (nSPS) is 10.6. The molecule has 0 saturated heterocycles. The van der Waals surface area contributed by atoms with Crippen molar-refractivity contribution in [1.82, 2.24) is 19.6 Å². The van der Waals surface area contributed by atoms with Gasteiger partial charge < -0.3 is 0 Å². The van der Waals surface area contributed by atoms with E-state index in [1.165, 1.54) is 0 Å². The van der Waals surface area contributed by atoms with Crippen LogP contribution in [0.4, 0.5) is 0 Å². The molecule has 2 N–H and O–H groups in total. The molecule has 6 nitrogen and oxygen atoms in total. The molecular formula is C12H6ClN5OS. The Morgan fingerprint density at radius 2 is 2.05 bits per heavy atom. The molecule has 0 bridgehead atoms. The summed E-state index contributed by atoms with van der Waals surface area (Å²) in [6.45, 7) is 0. The van der Waals surface area contributed by atoms with E-state index in [9.17, 15) is 10.1 Å². The van der Waals surface area contributed by atoms with E-state index in [0.717, 1.165) is 10.1 Å². The van der Waals surface area contributed by atoms with Gasteiger partial charge in [-0.1, -0.05) is 23.7 Å². The molecule has 0 amide bonds. The minimum absolute atomic E-state index is 0.0636. The second kappa shape index (κ2) is 4.59. The molecule has 1 aromatic carbocycles.